The van der Waals surface area contributed by atoms with Gasteiger partial charge in [-0.05, 0) is 44.7 Å². The number of carbonyl (C=O) groups excluding carboxylic acids is 1. The molecule has 1 amide bonds. The molecular weight excluding hydrogens is 278 g/mol. The smallest absolute Gasteiger partial charge is 0.258 e. The number of amides is 1. The van der Waals surface area contributed by atoms with Crippen LogP contribution in [0.5, 0.6) is 0 Å². The Hall–Kier alpha value is -1.62. The van der Waals surface area contributed by atoms with E-state index in [1.54, 1.807) is 0 Å². The number of rotatable bonds is 2. The number of anilines is 1. The molecule has 5 nitrogen and oxygen atoms in total. The normalized spacial score (nSPS) is 19.4. The van der Waals surface area contributed by atoms with Gasteiger partial charge in [0.1, 0.15) is 5.82 Å². The van der Waals surface area contributed by atoms with Crippen molar-refractivity contribution in [1.82, 2.24) is 9.88 Å². The number of nitrogens with zero attached hydrogens (tertiary/aromatic N) is 3. The highest BCUT2D eigenvalue weighted by Crippen LogP contribution is 2.27. The lowest BCUT2D eigenvalue weighted by Gasteiger charge is -2.32. The largest absolute Gasteiger partial charge is 0.378 e. The summed E-state index contributed by atoms with van der Waals surface area (Å²) >= 11 is 0. The van der Waals surface area contributed by atoms with Gasteiger partial charge in [0.25, 0.3) is 5.91 Å². The summed E-state index contributed by atoms with van der Waals surface area (Å²) in [7, 11) is 0. The SMILES string of the molecule is Cc1cc(C)c(C(=O)N2CCOCC2)c(N2CCCCC2)n1. The molecule has 22 heavy (non-hydrogen) atoms. The zero-order chi connectivity index (χ0) is 15.5. The summed E-state index contributed by atoms with van der Waals surface area (Å²) in [5, 5.41) is 0. The fourth-order valence-corrected chi connectivity index (χ4v) is 3.34. The van der Waals surface area contributed by atoms with E-state index in [2.05, 4.69) is 4.90 Å². The number of hydrogen-bond donors (Lipinski definition) is 0. The number of ether oxygens (including phenoxy) is 1. The standard InChI is InChI=1S/C17H25N3O2/c1-13-12-14(2)18-16(19-6-4-3-5-7-19)15(13)17(21)20-8-10-22-11-9-20/h12H,3-11H2,1-2H3. The Bertz CT molecular complexity index is 547. The van der Waals surface area contributed by atoms with Crippen LogP contribution in [0.2, 0.25) is 0 Å². The zero-order valence-electron chi connectivity index (χ0n) is 13.6. The van der Waals surface area contributed by atoms with Crippen molar-refractivity contribution in [2.45, 2.75) is 33.1 Å². The van der Waals surface area contributed by atoms with E-state index < -0.39 is 0 Å². The molecule has 0 N–H and O–H groups in total. The predicted octanol–water partition coefficient (Wildman–Crippen LogP) is 2.16. The molecule has 3 heterocycles. The number of hydrogen-bond acceptors (Lipinski definition) is 4. The molecule has 0 unspecified atom stereocenters. The van der Waals surface area contributed by atoms with Gasteiger partial charge in [-0.3, -0.25) is 4.79 Å². The fourth-order valence-electron chi connectivity index (χ4n) is 3.34. The molecule has 2 aliphatic heterocycles. The molecule has 1 aromatic heterocycles. The third-order valence-electron chi connectivity index (χ3n) is 4.49. The summed E-state index contributed by atoms with van der Waals surface area (Å²) in [6, 6.07) is 2.02. The van der Waals surface area contributed by atoms with Gasteiger partial charge in [0, 0.05) is 31.9 Å². The lowest BCUT2D eigenvalue weighted by atomic mass is 10.0. The van der Waals surface area contributed by atoms with E-state index in [0.717, 1.165) is 35.7 Å². The van der Waals surface area contributed by atoms with Crippen LogP contribution in [0.3, 0.4) is 0 Å². The third-order valence-corrected chi connectivity index (χ3v) is 4.49. The van der Waals surface area contributed by atoms with Crippen molar-refractivity contribution in [3.8, 4) is 0 Å². The molecule has 2 saturated heterocycles. The summed E-state index contributed by atoms with van der Waals surface area (Å²) in [4.78, 5) is 21.9. The van der Waals surface area contributed by atoms with Gasteiger partial charge in [-0.25, -0.2) is 4.98 Å². The van der Waals surface area contributed by atoms with Gasteiger partial charge < -0.3 is 14.5 Å². The first kappa shape index (κ1) is 15.3. The topological polar surface area (TPSA) is 45.7 Å². The van der Waals surface area contributed by atoms with Crippen LogP contribution >= 0.6 is 0 Å². The van der Waals surface area contributed by atoms with Crippen molar-refractivity contribution in [3.63, 3.8) is 0 Å². The first-order chi connectivity index (χ1) is 10.7. The Morgan fingerprint density at radius 2 is 1.77 bits per heavy atom. The molecule has 2 aliphatic rings. The lowest BCUT2D eigenvalue weighted by Crippen LogP contribution is -2.42. The van der Waals surface area contributed by atoms with Crippen LogP contribution < -0.4 is 4.90 Å². The zero-order valence-corrected chi connectivity index (χ0v) is 13.6. The maximum Gasteiger partial charge on any atom is 0.258 e. The van der Waals surface area contributed by atoms with Gasteiger partial charge >= 0.3 is 0 Å². The van der Waals surface area contributed by atoms with E-state index in [0.29, 0.717) is 26.3 Å². The van der Waals surface area contributed by atoms with E-state index in [4.69, 9.17) is 9.72 Å². The Morgan fingerprint density at radius 3 is 2.45 bits per heavy atom. The minimum atomic E-state index is 0.105. The van der Waals surface area contributed by atoms with Crippen molar-refractivity contribution in [2.24, 2.45) is 0 Å². The molecule has 0 aliphatic carbocycles. The van der Waals surface area contributed by atoms with E-state index in [9.17, 15) is 4.79 Å². The minimum Gasteiger partial charge on any atom is -0.378 e. The maximum atomic E-state index is 13.0. The number of aromatic nitrogens is 1. The molecule has 0 aromatic carbocycles. The first-order valence-electron chi connectivity index (χ1n) is 8.27. The Balaban J connectivity index is 1.95. The Kier molecular flexibility index (Phi) is 4.62. The monoisotopic (exact) mass is 303 g/mol. The number of carbonyl (C=O) groups is 1. The Labute approximate surface area is 132 Å². The maximum absolute atomic E-state index is 13.0. The molecule has 0 bridgehead atoms. The molecule has 0 spiro atoms. The summed E-state index contributed by atoms with van der Waals surface area (Å²) in [5.41, 5.74) is 2.80. The number of aryl methyl sites for hydroxylation is 2. The molecule has 3 rings (SSSR count). The van der Waals surface area contributed by atoms with Crippen molar-refractivity contribution < 1.29 is 9.53 Å². The Morgan fingerprint density at radius 1 is 1.09 bits per heavy atom. The van der Waals surface area contributed by atoms with Crippen LogP contribution in [0, 0.1) is 13.8 Å². The van der Waals surface area contributed by atoms with E-state index in [1.807, 2.05) is 24.8 Å². The second-order valence-corrected chi connectivity index (χ2v) is 6.23. The van der Waals surface area contributed by atoms with Crippen LogP contribution in [0.4, 0.5) is 5.82 Å². The van der Waals surface area contributed by atoms with E-state index in [-0.39, 0.29) is 5.91 Å². The highest BCUT2D eigenvalue weighted by molar-refractivity contribution is 6.00. The van der Waals surface area contributed by atoms with Gasteiger partial charge in [0.15, 0.2) is 0 Å². The summed E-state index contributed by atoms with van der Waals surface area (Å²) in [6.07, 6.45) is 3.63. The molecular formula is C17H25N3O2. The quantitative estimate of drug-likeness (QED) is 0.840. The average molecular weight is 303 g/mol. The molecule has 0 saturated carbocycles. The van der Waals surface area contributed by atoms with E-state index >= 15 is 0 Å². The molecule has 0 atom stereocenters. The van der Waals surface area contributed by atoms with Gasteiger partial charge in [-0.2, -0.15) is 0 Å². The molecule has 2 fully saturated rings. The minimum absolute atomic E-state index is 0.105. The van der Waals surface area contributed by atoms with Gasteiger partial charge in [-0.1, -0.05) is 0 Å². The first-order valence-corrected chi connectivity index (χ1v) is 8.27. The van der Waals surface area contributed by atoms with Gasteiger partial charge in [0.05, 0.1) is 18.8 Å². The summed E-state index contributed by atoms with van der Waals surface area (Å²) in [6.45, 7) is 8.63. The highest BCUT2D eigenvalue weighted by atomic mass is 16.5. The van der Waals surface area contributed by atoms with Crippen LogP contribution in [0.25, 0.3) is 0 Å². The van der Waals surface area contributed by atoms with E-state index in [1.165, 1.54) is 19.3 Å². The van der Waals surface area contributed by atoms with Crippen LogP contribution in [-0.2, 0) is 4.74 Å². The average Bonchev–Trinajstić information content (AvgIpc) is 2.55. The second kappa shape index (κ2) is 6.65. The number of piperidine rings is 1. The highest BCUT2D eigenvalue weighted by Gasteiger charge is 2.27. The van der Waals surface area contributed by atoms with Crippen molar-refractivity contribution >= 4 is 11.7 Å². The fraction of sp³-hybridized carbons (Fsp3) is 0.647. The second-order valence-electron chi connectivity index (χ2n) is 6.23. The predicted molar refractivity (Wildman–Crippen MR) is 86.5 cm³/mol. The molecule has 0 radical (unpaired) electrons. The van der Waals surface area contributed by atoms with Crippen molar-refractivity contribution in [3.05, 3.63) is 22.9 Å². The number of morpholine rings is 1. The van der Waals surface area contributed by atoms with Crippen molar-refractivity contribution in [2.75, 3.05) is 44.3 Å². The third kappa shape index (κ3) is 3.09. The van der Waals surface area contributed by atoms with Crippen LogP contribution in [-0.4, -0.2) is 55.2 Å². The summed E-state index contributed by atoms with van der Waals surface area (Å²) < 4.78 is 5.36. The summed E-state index contributed by atoms with van der Waals surface area (Å²) in [5.74, 6) is 0.988. The molecule has 120 valence electrons. The van der Waals surface area contributed by atoms with Crippen LogP contribution in [0.15, 0.2) is 6.07 Å². The lowest BCUT2D eigenvalue weighted by molar-refractivity contribution is 0.0302. The van der Waals surface area contributed by atoms with Crippen LogP contribution in [0.1, 0.15) is 40.9 Å². The van der Waals surface area contributed by atoms with Crippen molar-refractivity contribution in [1.29, 1.82) is 0 Å². The molecule has 1 aromatic rings. The van der Waals surface area contributed by atoms with Gasteiger partial charge in [0.2, 0.25) is 0 Å². The molecule has 5 heteroatoms. The number of pyridine rings is 1. The van der Waals surface area contributed by atoms with Gasteiger partial charge in [-0.15, -0.1) is 0 Å².